The molecule has 0 radical (unpaired) electrons. The number of hydrogen-bond donors (Lipinski definition) is 0. The number of thioether (sulfide) groups is 2. The molecular formula is C14H18S2. The van der Waals surface area contributed by atoms with Gasteiger partial charge in [0.05, 0.1) is 4.08 Å². The van der Waals surface area contributed by atoms with Gasteiger partial charge in [0.25, 0.3) is 0 Å². The molecule has 86 valence electrons. The van der Waals surface area contributed by atoms with Crippen LogP contribution in [0.25, 0.3) is 0 Å². The van der Waals surface area contributed by atoms with Crippen molar-refractivity contribution < 1.29 is 0 Å². The van der Waals surface area contributed by atoms with Crippen molar-refractivity contribution in [3.63, 3.8) is 0 Å². The van der Waals surface area contributed by atoms with E-state index in [9.17, 15) is 0 Å². The molecule has 0 nitrogen and oxygen atoms in total. The Hall–Kier alpha value is -0.0800. The second-order valence-corrected chi connectivity index (χ2v) is 7.96. The molecule has 1 aliphatic carbocycles. The summed E-state index contributed by atoms with van der Waals surface area (Å²) in [5, 5.41) is 0. The highest BCUT2D eigenvalue weighted by Gasteiger charge is 2.41. The molecule has 0 saturated carbocycles. The van der Waals surface area contributed by atoms with Crippen LogP contribution in [-0.2, 0) is 10.5 Å². The van der Waals surface area contributed by atoms with Crippen LogP contribution in [0, 0.1) is 13.8 Å². The Morgan fingerprint density at radius 3 is 2.62 bits per heavy atom. The first-order valence-electron chi connectivity index (χ1n) is 6.10. The van der Waals surface area contributed by atoms with Gasteiger partial charge < -0.3 is 0 Å². The summed E-state index contributed by atoms with van der Waals surface area (Å²) >= 11 is 4.38. The molecule has 1 aromatic rings. The summed E-state index contributed by atoms with van der Waals surface area (Å²) in [6, 6.07) is 4.80. The maximum absolute atomic E-state index is 2.45. The highest BCUT2D eigenvalue weighted by atomic mass is 32.2. The zero-order valence-corrected chi connectivity index (χ0v) is 11.6. The molecule has 2 aliphatic rings. The number of rotatable bonds is 0. The third-order valence-corrected chi connectivity index (χ3v) is 7.28. The van der Waals surface area contributed by atoms with Gasteiger partial charge >= 0.3 is 0 Å². The molecule has 1 saturated heterocycles. The van der Waals surface area contributed by atoms with Crippen LogP contribution in [0.15, 0.2) is 12.1 Å². The highest BCUT2D eigenvalue weighted by molar-refractivity contribution is 8.20. The molecule has 0 N–H and O–H groups in total. The summed E-state index contributed by atoms with van der Waals surface area (Å²) in [5.41, 5.74) is 6.26. The van der Waals surface area contributed by atoms with E-state index in [4.69, 9.17) is 0 Å². The maximum Gasteiger partial charge on any atom is 0.0863 e. The Bertz CT molecular complexity index is 417. The number of benzene rings is 1. The normalized spacial score (nSPS) is 22.4. The summed E-state index contributed by atoms with van der Waals surface area (Å²) in [7, 11) is 0. The lowest BCUT2D eigenvalue weighted by atomic mass is 9.86. The largest absolute Gasteiger partial charge is 0.139 e. The molecule has 1 aliphatic heterocycles. The van der Waals surface area contributed by atoms with Gasteiger partial charge in [-0.3, -0.25) is 0 Å². The van der Waals surface area contributed by atoms with Crippen LogP contribution >= 0.6 is 23.5 Å². The maximum atomic E-state index is 2.45. The highest BCUT2D eigenvalue weighted by Crippen LogP contribution is 2.58. The SMILES string of the molecule is Cc1cc(C)c2c(c1)C1(CCC2)SCCS1. The van der Waals surface area contributed by atoms with Crippen molar-refractivity contribution in [1.82, 2.24) is 0 Å². The van der Waals surface area contributed by atoms with Gasteiger partial charge in [0.1, 0.15) is 0 Å². The smallest absolute Gasteiger partial charge is 0.0863 e. The van der Waals surface area contributed by atoms with Gasteiger partial charge in [-0.15, -0.1) is 23.5 Å². The first kappa shape index (κ1) is 11.0. The van der Waals surface area contributed by atoms with Gasteiger partial charge in [-0.25, -0.2) is 0 Å². The summed E-state index contributed by atoms with van der Waals surface area (Å²) in [5.74, 6) is 2.66. The van der Waals surface area contributed by atoms with Crippen molar-refractivity contribution >= 4 is 23.5 Å². The van der Waals surface area contributed by atoms with Crippen molar-refractivity contribution in [3.05, 3.63) is 34.4 Å². The molecule has 3 rings (SSSR count). The van der Waals surface area contributed by atoms with Crippen LogP contribution < -0.4 is 0 Å². The van der Waals surface area contributed by atoms with Crippen molar-refractivity contribution in [2.75, 3.05) is 11.5 Å². The third-order valence-electron chi connectivity index (χ3n) is 3.71. The van der Waals surface area contributed by atoms with Crippen LogP contribution in [0.5, 0.6) is 0 Å². The van der Waals surface area contributed by atoms with Gasteiger partial charge in [-0.1, -0.05) is 17.7 Å². The first-order valence-corrected chi connectivity index (χ1v) is 8.07. The Labute approximate surface area is 107 Å². The Morgan fingerprint density at radius 2 is 1.88 bits per heavy atom. The summed E-state index contributed by atoms with van der Waals surface area (Å²) in [4.78, 5) is 0. The molecule has 16 heavy (non-hydrogen) atoms. The van der Waals surface area contributed by atoms with Gasteiger partial charge in [0.2, 0.25) is 0 Å². The first-order chi connectivity index (χ1) is 7.71. The van der Waals surface area contributed by atoms with Gasteiger partial charge in [-0.05, 0) is 49.8 Å². The molecule has 0 bridgehead atoms. The van der Waals surface area contributed by atoms with E-state index < -0.39 is 0 Å². The van der Waals surface area contributed by atoms with E-state index in [2.05, 4.69) is 49.5 Å². The Morgan fingerprint density at radius 1 is 1.12 bits per heavy atom. The molecule has 0 aromatic heterocycles. The van der Waals surface area contributed by atoms with E-state index in [0.29, 0.717) is 4.08 Å². The summed E-state index contributed by atoms with van der Waals surface area (Å²) in [6.45, 7) is 4.52. The molecule has 1 spiro atoms. The van der Waals surface area contributed by atoms with E-state index in [1.807, 2.05) is 0 Å². The lowest BCUT2D eigenvalue weighted by molar-refractivity contribution is 0.640. The summed E-state index contributed by atoms with van der Waals surface area (Å²) in [6.07, 6.45) is 4.04. The van der Waals surface area contributed by atoms with Crippen LogP contribution in [0.4, 0.5) is 0 Å². The quantitative estimate of drug-likeness (QED) is 0.674. The summed E-state index contributed by atoms with van der Waals surface area (Å²) < 4.78 is 0.421. The van der Waals surface area contributed by atoms with E-state index >= 15 is 0 Å². The average molecular weight is 250 g/mol. The Balaban J connectivity index is 2.17. The number of hydrogen-bond acceptors (Lipinski definition) is 2. The van der Waals surface area contributed by atoms with Crippen molar-refractivity contribution in [2.45, 2.75) is 37.2 Å². The predicted octanol–water partition coefficient (Wildman–Crippen LogP) is 4.27. The fraction of sp³-hybridized carbons (Fsp3) is 0.571. The van der Waals surface area contributed by atoms with Gasteiger partial charge in [0.15, 0.2) is 0 Å². The fourth-order valence-electron chi connectivity index (χ4n) is 3.06. The van der Waals surface area contributed by atoms with Crippen LogP contribution in [0.1, 0.15) is 35.1 Å². The van der Waals surface area contributed by atoms with E-state index in [0.717, 1.165) is 0 Å². The molecule has 0 atom stereocenters. The molecule has 1 heterocycles. The van der Waals surface area contributed by atoms with Crippen molar-refractivity contribution in [2.24, 2.45) is 0 Å². The topological polar surface area (TPSA) is 0 Å². The van der Waals surface area contributed by atoms with Gasteiger partial charge in [-0.2, -0.15) is 0 Å². The van der Waals surface area contributed by atoms with Crippen LogP contribution in [-0.4, -0.2) is 11.5 Å². The molecule has 1 fully saturated rings. The van der Waals surface area contributed by atoms with Crippen molar-refractivity contribution in [3.8, 4) is 0 Å². The number of fused-ring (bicyclic) bond motifs is 2. The van der Waals surface area contributed by atoms with E-state index in [-0.39, 0.29) is 0 Å². The van der Waals surface area contributed by atoms with Crippen LogP contribution in [0.3, 0.4) is 0 Å². The molecule has 0 amide bonds. The Kier molecular flexibility index (Phi) is 2.75. The monoisotopic (exact) mass is 250 g/mol. The molecule has 2 heteroatoms. The molecular weight excluding hydrogens is 232 g/mol. The van der Waals surface area contributed by atoms with E-state index in [1.165, 1.54) is 41.9 Å². The lowest BCUT2D eigenvalue weighted by Gasteiger charge is -2.35. The average Bonchev–Trinajstić information content (AvgIpc) is 2.69. The third kappa shape index (κ3) is 1.62. The lowest BCUT2D eigenvalue weighted by Crippen LogP contribution is -2.22. The fourth-order valence-corrected chi connectivity index (χ4v) is 6.47. The van der Waals surface area contributed by atoms with E-state index in [1.54, 1.807) is 11.1 Å². The second kappa shape index (κ2) is 3.99. The minimum absolute atomic E-state index is 0.421. The van der Waals surface area contributed by atoms with Crippen molar-refractivity contribution in [1.29, 1.82) is 0 Å². The molecule has 1 aromatic carbocycles. The molecule has 0 unspecified atom stereocenters. The standard InChI is InChI=1S/C14H18S2/c1-10-8-11(2)12-4-3-5-14(13(12)9-10)15-6-7-16-14/h8-9H,3-7H2,1-2H3. The van der Waals surface area contributed by atoms with Crippen LogP contribution in [0.2, 0.25) is 0 Å². The minimum Gasteiger partial charge on any atom is -0.139 e. The second-order valence-electron chi connectivity index (χ2n) is 4.91. The zero-order chi connectivity index (χ0) is 11.2. The minimum atomic E-state index is 0.421. The zero-order valence-electron chi connectivity index (χ0n) is 10.0. The number of aryl methyl sites for hydroxylation is 2. The predicted molar refractivity (Wildman–Crippen MR) is 75.4 cm³/mol. The van der Waals surface area contributed by atoms with Gasteiger partial charge in [0, 0.05) is 11.5 Å².